The number of thioether (sulfide) groups is 1. The number of nitrogens with zero attached hydrogens (tertiary/aromatic N) is 3. The molecule has 0 aliphatic heterocycles. The van der Waals surface area contributed by atoms with E-state index in [1.807, 2.05) is 0 Å². The summed E-state index contributed by atoms with van der Waals surface area (Å²) < 4.78 is 2.22. The fourth-order valence-electron chi connectivity index (χ4n) is 2.29. The molecule has 130 valence electrons. The number of carbonyl (C=O) groups is 1. The van der Waals surface area contributed by atoms with Crippen molar-refractivity contribution in [3.63, 3.8) is 0 Å². The fraction of sp³-hybridized carbons (Fsp3) is 0.200. The zero-order valence-corrected chi connectivity index (χ0v) is 14.1. The van der Waals surface area contributed by atoms with Gasteiger partial charge in [0.05, 0.1) is 5.75 Å². The Bertz CT molecular complexity index is 1110. The number of aromatic nitrogens is 4. The third kappa shape index (κ3) is 2.91. The summed E-state index contributed by atoms with van der Waals surface area (Å²) in [6.07, 6.45) is 0. The highest BCUT2D eigenvalue weighted by Gasteiger charge is 2.15. The van der Waals surface area contributed by atoms with Crippen LogP contribution in [0.15, 0.2) is 32.9 Å². The van der Waals surface area contributed by atoms with E-state index < -0.39 is 11.2 Å². The number of nitrogens with one attached hydrogen (secondary N) is 1. The van der Waals surface area contributed by atoms with Crippen LogP contribution in [0.4, 0.5) is 0 Å². The van der Waals surface area contributed by atoms with Crippen LogP contribution < -0.4 is 11.2 Å². The van der Waals surface area contributed by atoms with Crippen molar-refractivity contribution in [2.45, 2.75) is 5.16 Å². The molecule has 10 heteroatoms. The highest BCUT2D eigenvalue weighted by Crippen LogP contribution is 2.26. The summed E-state index contributed by atoms with van der Waals surface area (Å²) >= 11 is 1.06. The summed E-state index contributed by atoms with van der Waals surface area (Å²) in [6, 6.07) is 3.81. The molecule has 0 unspecified atom stereocenters. The Morgan fingerprint density at radius 1 is 1.20 bits per heavy atom. The van der Waals surface area contributed by atoms with E-state index in [1.165, 1.54) is 36.9 Å². The third-order valence-electron chi connectivity index (χ3n) is 3.71. The molecule has 0 spiro atoms. The molecular formula is C15H14N4O5S. The van der Waals surface area contributed by atoms with E-state index in [1.54, 1.807) is 0 Å². The minimum Gasteiger partial charge on any atom is -0.504 e. The van der Waals surface area contributed by atoms with Crippen molar-refractivity contribution in [3.05, 3.63) is 44.6 Å². The molecule has 0 bridgehead atoms. The zero-order valence-electron chi connectivity index (χ0n) is 13.3. The maximum absolute atomic E-state index is 12.2. The Labute approximate surface area is 144 Å². The number of H-pyrrole nitrogens is 1. The van der Waals surface area contributed by atoms with Gasteiger partial charge in [0.15, 0.2) is 33.6 Å². The SMILES string of the molecule is Cn1c(=O)c2[nH]c(SCC(=O)c3ccc(O)c(O)c3)nc2n(C)c1=O. The van der Waals surface area contributed by atoms with Crippen molar-refractivity contribution in [1.29, 1.82) is 0 Å². The molecule has 1 aromatic carbocycles. The second kappa shape index (κ2) is 6.13. The van der Waals surface area contributed by atoms with E-state index in [2.05, 4.69) is 9.97 Å². The largest absolute Gasteiger partial charge is 0.504 e. The number of ketones is 1. The first-order chi connectivity index (χ1) is 11.8. The lowest BCUT2D eigenvalue weighted by Crippen LogP contribution is -2.36. The molecule has 0 radical (unpaired) electrons. The summed E-state index contributed by atoms with van der Waals surface area (Å²) in [5.74, 6) is -0.975. The number of carbonyl (C=O) groups excluding carboxylic acids is 1. The summed E-state index contributed by atoms with van der Waals surface area (Å²) in [6.45, 7) is 0. The highest BCUT2D eigenvalue weighted by atomic mass is 32.2. The number of aromatic amines is 1. The predicted octanol–water partition coefficient (Wildman–Crippen LogP) is 0.346. The monoisotopic (exact) mass is 362 g/mol. The normalized spacial score (nSPS) is 11.1. The number of aryl methyl sites for hydroxylation is 1. The van der Waals surface area contributed by atoms with Crippen LogP contribution in [-0.2, 0) is 14.1 Å². The molecule has 3 rings (SSSR count). The molecular weight excluding hydrogens is 348 g/mol. The van der Waals surface area contributed by atoms with Gasteiger partial charge in [0, 0.05) is 19.7 Å². The Morgan fingerprint density at radius 2 is 1.92 bits per heavy atom. The van der Waals surface area contributed by atoms with E-state index in [4.69, 9.17) is 0 Å². The van der Waals surface area contributed by atoms with Crippen LogP contribution in [0.5, 0.6) is 11.5 Å². The number of imidazole rings is 1. The molecule has 3 aromatic rings. The van der Waals surface area contributed by atoms with Crippen LogP contribution in [0.1, 0.15) is 10.4 Å². The molecule has 0 fully saturated rings. The molecule has 0 saturated heterocycles. The maximum atomic E-state index is 12.2. The van der Waals surface area contributed by atoms with Crippen LogP contribution >= 0.6 is 11.8 Å². The number of hydrogen-bond donors (Lipinski definition) is 3. The van der Waals surface area contributed by atoms with Crippen molar-refractivity contribution in [3.8, 4) is 11.5 Å². The average Bonchev–Trinajstić information content (AvgIpc) is 3.03. The Balaban J connectivity index is 1.86. The zero-order chi connectivity index (χ0) is 18.3. The van der Waals surface area contributed by atoms with Crippen LogP contribution in [0.2, 0.25) is 0 Å². The standard InChI is InChI=1S/C15H14N4O5S/c1-18-12-11(13(23)19(2)15(18)24)16-14(17-12)25-6-10(22)7-3-4-8(20)9(21)5-7/h3-5,20-21H,6H2,1-2H3,(H,16,17). The van der Waals surface area contributed by atoms with Gasteiger partial charge in [0.2, 0.25) is 0 Å². The number of fused-ring (bicyclic) bond motifs is 1. The Kier molecular flexibility index (Phi) is 4.13. The number of phenolic OH excluding ortho intramolecular Hbond substituents is 2. The Morgan fingerprint density at radius 3 is 2.60 bits per heavy atom. The quantitative estimate of drug-likeness (QED) is 0.347. The number of hydrogen-bond acceptors (Lipinski definition) is 7. The topological polar surface area (TPSA) is 130 Å². The smallest absolute Gasteiger partial charge is 0.332 e. The predicted molar refractivity (Wildman–Crippen MR) is 91.4 cm³/mol. The van der Waals surface area contributed by atoms with Crippen molar-refractivity contribution >= 4 is 28.7 Å². The molecule has 0 atom stereocenters. The van der Waals surface area contributed by atoms with Crippen molar-refractivity contribution < 1.29 is 15.0 Å². The second-order valence-corrected chi connectivity index (χ2v) is 6.33. The fourth-order valence-corrected chi connectivity index (χ4v) is 3.05. The lowest BCUT2D eigenvalue weighted by atomic mass is 10.1. The van der Waals surface area contributed by atoms with E-state index in [9.17, 15) is 24.6 Å². The summed E-state index contributed by atoms with van der Waals surface area (Å²) in [7, 11) is 2.88. The number of benzene rings is 1. The van der Waals surface area contributed by atoms with Gasteiger partial charge in [-0.25, -0.2) is 9.78 Å². The first-order valence-corrected chi connectivity index (χ1v) is 8.12. The van der Waals surface area contributed by atoms with E-state index in [-0.39, 0.29) is 39.8 Å². The molecule has 0 aliphatic rings. The number of aromatic hydroxyl groups is 2. The van der Waals surface area contributed by atoms with Crippen LogP contribution in [0.3, 0.4) is 0 Å². The summed E-state index contributed by atoms with van der Waals surface area (Å²) in [5.41, 5.74) is -0.349. The van der Waals surface area contributed by atoms with Crippen LogP contribution in [0.25, 0.3) is 11.2 Å². The van der Waals surface area contributed by atoms with Gasteiger partial charge < -0.3 is 15.2 Å². The lowest BCUT2D eigenvalue weighted by Gasteiger charge is -2.02. The minimum atomic E-state index is -0.493. The molecule has 25 heavy (non-hydrogen) atoms. The van der Waals surface area contributed by atoms with Gasteiger partial charge in [-0.3, -0.25) is 18.7 Å². The molecule has 2 aromatic heterocycles. The third-order valence-corrected chi connectivity index (χ3v) is 4.58. The first-order valence-electron chi connectivity index (χ1n) is 7.13. The molecule has 0 aliphatic carbocycles. The average molecular weight is 362 g/mol. The molecule has 3 N–H and O–H groups in total. The van der Waals surface area contributed by atoms with Gasteiger partial charge in [0.1, 0.15) is 0 Å². The first kappa shape index (κ1) is 16.8. The summed E-state index contributed by atoms with van der Waals surface area (Å²) in [5, 5.41) is 19.0. The van der Waals surface area contributed by atoms with Crippen LogP contribution in [-0.4, -0.2) is 40.9 Å². The van der Waals surface area contributed by atoms with Gasteiger partial charge in [-0.2, -0.15) is 0 Å². The highest BCUT2D eigenvalue weighted by molar-refractivity contribution is 7.99. The number of Topliss-reactive ketones (excluding diaryl/α,β-unsaturated/α-hetero) is 1. The lowest BCUT2D eigenvalue weighted by molar-refractivity contribution is 0.102. The molecule has 0 amide bonds. The molecule has 9 nitrogen and oxygen atoms in total. The van der Waals surface area contributed by atoms with Gasteiger partial charge in [-0.1, -0.05) is 11.8 Å². The van der Waals surface area contributed by atoms with E-state index >= 15 is 0 Å². The van der Waals surface area contributed by atoms with E-state index in [0.717, 1.165) is 16.3 Å². The second-order valence-electron chi connectivity index (χ2n) is 5.36. The maximum Gasteiger partial charge on any atom is 0.332 e. The number of phenols is 2. The van der Waals surface area contributed by atoms with E-state index in [0.29, 0.717) is 5.16 Å². The van der Waals surface area contributed by atoms with Gasteiger partial charge in [-0.05, 0) is 18.2 Å². The molecule has 2 heterocycles. The number of rotatable bonds is 4. The van der Waals surface area contributed by atoms with Gasteiger partial charge in [0.25, 0.3) is 5.56 Å². The summed E-state index contributed by atoms with van der Waals surface area (Å²) in [4.78, 5) is 43.2. The minimum absolute atomic E-state index is 0.00169. The van der Waals surface area contributed by atoms with Gasteiger partial charge in [-0.15, -0.1) is 0 Å². The molecule has 0 saturated carbocycles. The van der Waals surface area contributed by atoms with Crippen molar-refractivity contribution in [2.75, 3.05) is 5.75 Å². The van der Waals surface area contributed by atoms with Crippen LogP contribution in [0, 0.1) is 0 Å². The Hall–Kier alpha value is -3.01. The van der Waals surface area contributed by atoms with Gasteiger partial charge >= 0.3 is 5.69 Å². The van der Waals surface area contributed by atoms with Crippen molar-refractivity contribution in [2.24, 2.45) is 14.1 Å². The van der Waals surface area contributed by atoms with Crippen molar-refractivity contribution in [1.82, 2.24) is 19.1 Å².